The van der Waals surface area contributed by atoms with Crippen molar-refractivity contribution < 1.29 is 5.11 Å². The Balaban J connectivity index is 2.45. The SMILES string of the molecule is CC(C)Sc1ccc(NCC(O)CN)cc1. The topological polar surface area (TPSA) is 58.3 Å². The van der Waals surface area contributed by atoms with Gasteiger partial charge in [-0.3, -0.25) is 0 Å². The molecule has 0 spiro atoms. The van der Waals surface area contributed by atoms with Crippen molar-refractivity contribution in [3.63, 3.8) is 0 Å². The molecular formula is C12H20N2OS. The summed E-state index contributed by atoms with van der Waals surface area (Å²) in [5, 5.41) is 13.0. The molecule has 1 aromatic rings. The van der Waals surface area contributed by atoms with E-state index in [-0.39, 0.29) is 6.54 Å². The van der Waals surface area contributed by atoms with Crippen LogP contribution in [0.4, 0.5) is 5.69 Å². The molecule has 0 aliphatic rings. The molecule has 0 radical (unpaired) electrons. The fourth-order valence-corrected chi connectivity index (χ4v) is 2.08. The second-order valence-corrected chi connectivity index (χ2v) is 5.61. The first-order valence-electron chi connectivity index (χ1n) is 5.50. The molecule has 0 aliphatic carbocycles. The molecule has 0 saturated heterocycles. The van der Waals surface area contributed by atoms with Crippen molar-refractivity contribution in [2.75, 3.05) is 18.4 Å². The molecule has 0 aromatic heterocycles. The summed E-state index contributed by atoms with van der Waals surface area (Å²) in [7, 11) is 0. The Morgan fingerprint density at radius 2 is 1.94 bits per heavy atom. The predicted octanol–water partition coefficient (Wildman–Crippen LogP) is 1.92. The van der Waals surface area contributed by atoms with Gasteiger partial charge in [-0.15, -0.1) is 11.8 Å². The zero-order valence-corrected chi connectivity index (χ0v) is 10.6. The van der Waals surface area contributed by atoms with Crippen molar-refractivity contribution >= 4 is 17.4 Å². The average molecular weight is 240 g/mol. The predicted molar refractivity (Wildman–Crippen MR) is 71.0 cm³/mol. The van der Waals surface area contributed by atoms with E-state index in [1.807, 2.05) is 23.9 Å². The Bertz CT molecular complexity index is 300. The van der Waals surface area contributed by atoms with Gasteiger partial charge in [0.1, 0.15) is 0 Å². The summed E-state index contributed by atoms with van der Waals surface area (Å²) in [6.45, 7) is 5.13. The standard InChI is InChI=1S/C12H20N2OS/c1-9(2)16-12-5-3-10(4-6-12)14-8-11(15)7-13/h3-6,9,11,14-15H,7-8,13H2,1-2H3. The van der Waals surface area contributed by atoms with Crippen molar-refractivity contribution in [2.45, 2.75) is 30.1 Å². The van der Waals surface area contributed by atoms with Gasteiger partial charge in [0.25, 0.3) is 0 Å². The molecule has 4 heteroatoms. The van der Waals surface area contributed by atoms with Crippen LogP contribution in [0.2, 0.25) is 0 Å². The number of rotatable bonds is 6. The highest BCUT2D eigenvalue weighted by Gasteiger charge is 2.01. The summed E-state index contributed by atoms with van der Waals surface area (Å²) in [6.07, 6.45) is -0.482. The molecule has 4 N–H and O–H groups in total. The number of nitrogens with two attached hydrogens (primary N) is 1. The lowest BCUT2D eigenvalue weighted by molar-refractivity contribution is 0.196. The van der Waals surface area contributed by atoms with Crippen molar-refractivity contribution in [2.24, 2.45) is 5.73 Å². The van der Waals surface area contributed by atoms with E-state index in [1.54, 1.807) is 0 Å². The van der Waals surface area contributed by atoms with Crippen molar-refractivity contribution in [1.29, 1.82) is 0 Å². The first kappa shape index (κ1) is 13.4. The molecule has 1 rings (SSSR count). The second kappa shape index (κ2) is 6.78. The van der Waals surface area contributed by atoms with Gasteiger partial charge >= 0.3 is 0 Å². The van der Waals surface area contributed by atoms with Crippen LogP contribution >= 0.6 is 11.8 Å². The van der Waals surface area contributed by atoms with Gasteiger partial charge in [-0.2, -0.15) is 0 Å². The van der Waals surface area contributed by atoms with Gasteiger partial charge in [0.05, 0.1) is 6.10 Å². The lowest BCUT2D eigenvalue weighted by Gasteiger charge is -2.11. The number of nitrogens with one attached hydrogen (secondary N) is 1. The van der Waals surface area contributed by atoms with E-state index in [0.717, 1.165) is 5.69 Å². The minimum atomic E-state index is -0.482. The maximum atomic E-state index is 9.30. The van der Waals surface area contributed by atoms with Crippen LogP contribution in [0.25, 0.3) is 0 Å². The third-order valence-corrected chi connectivity index (χ3v) is 3.06. The van der Waals surface area contributed by atoms with E-state index < -0.39 is 6.10 Å². The normalized spacial score (nSPS) is 12.8. The number of hydrogen-bond acceptors (Lipinski definition) is 4. The van der Waals surface area contributed by atoms with Gasteiger partial charge in [-0.05, 0) is 24.3 Å². The number of anilines is 1. The van der Waals surface area contributed by atoms with E-state index in [0.29, 0.717) is 11.8 Å². The summed E-state index contributed by atoms with van der Waals surface area (Å²) in [6, 6.07) is 8.21. The van der Waals surface area contributed by atoms with Crippen molar-refractivity contribution in [3.8, 4) is 0 Å². The maximum absolute atomic E-state index is 9.30. The Morgan fingerprint density at radius 1 is 1.31 bits per heavy atom. The third kappa shape index (κ3) is 4.88. The zero-order valence-electron chi connectivity index (χ0n) is 9.81. The van der Waals surface area contributed by atoms with Gasteiger partial charge in [0, 0.05) is 28.9 Å². The Labute approximate surface area is 101 Å². The van der Waals surface area contributed by atoms with Crippen LogP contribution < -0.4 is 11.1 Å². The molecule has 0 fully saturated rings. The van der Waals surface area contributed by atoms with Crippen LogP contribution in [0.3, 0.4) is 0 Å². The molecule has 1 atom stereocenters. The number of aliphatic hydroxyl groups is 1. The molecule has 1 aromatic carbocycles. The summed E-state index contributed by atoms with van der Waals surface area (Å²) >= 11 is 1.84. The first-order chi connectivity index (χ1) is 7.61. The van der Waals surface area contributed by atoms with Crippen LogP contribution in [0, 0.1) is 0 Å². The monoisotopic (exact) mass is 240 g/mol. The third-order valence-electron chi connectivity index (χ3n) is 2.04. The molecular weight excluding hydrogens is 220 g/mol. The largest absolute Gasteiger partial charge is 0.390 e. The molecule has 0 amide bonds. The van der Waals surface area contributed by atoms with E-state index in [1.165, 1.54) is 4.90 Å². The van der Waals surface area contributed by atoms with Crippen LogP contribution in [0.1, 0.15) is 13.8 Å². The van der Waals surface area contributed by atoms with Crippen LogP contribution in [0.15, 0.2) is 29.2 Å². The number of benzene rings is 1. The molecule has 0 aliphatic heterocycles. The van der Waals surface area contributed by atoms with Gasteiger partial charge in [-0.25, -0.2) is 0 Å². The van der Waals surface area contributed by atoms with Gasteiger partial charge in [0.15, 0.2) is 0 Å². The van der Waals surface area contributed by atoms with E-state index in [4.69, 9.17) is 5.73 Å². The fourth-order valence-electron chi connectivity index (χ4n) is 1.24. The molecule has 3 nitrogen and oxygen atoms in total. The fraction of sp³-hybridized carbons (Fsp3) is 0.500. The number of thioether (sulfide) groups is 1. The lowest BCUT2D eigenvalue weighted by atomic mass is 10.3. The highest BCUT2D eigenvalue weighted by Crippen LogP contribution is 2.23. The minimum Gasteiger partial charge on any atom is -0.390 e. The Kier molecular flexibility index (Phi) is 5.66. The van der Waals surface area contributed by atoms with Crippen molar-refractivity contribution in [3.05, 3.63) is 24.3 Å². The molecule has 1 unspecified atom stereocenters. The first-order valence-corrected chi connectivity index (χ1v) is 6.38. The molecule has 90 valence electrons. The van der Waals surface area contributed by atoms with Crippen LogP contribution in [0.5, 0.6) is 0 Å². The number of hydrogen-bond donors (Lipinski definition) is 3. The van der Waals surface area contributed by atoms with Crippen molar-refractivity contribution in [1.82, 2.24) is 0 Å². The second-order valence-electron chi connectivity index (χ2n) is 3.96. The van der Waals surface area contributed by atoms with E-state index >= 15 is 0 Å². The van der Waals surface area contributed by atoms with E-state index in [9.17, 15) is 5.11 Å². The maximum Gasteiger partial charge on any atom is 0.0834 e. The number of aliphatic hydroxyl groups excluding tert-OH is 1. The summed E-state index contributed by atoms with van der Waals surface area (Å²) in [5.74, 6) is 0. The van der Waals surface area contributed by atoms with E-state index in [2.05, 4.69) is 31.3 Å². The van der Waals surface area contributed by atoms with Gasteiger partial charge < -0.3 is 16.2 Å². The summed E-state index contributed by atoms with van der Waals surface area (Å²) < 4.78 is 0. The molecule has 16 heavy (non-hydrogen) atoms. The summed E-state index contributed by atoms with van der Waals surface area (Å²) in [5.41, 5.74) is 6.34. The van der Waals surface area contributed by atoms with Crippen LogP contribution in [-0.2, 0) is 0 Å². The Morgan fingerprint density at radius 3 is 2.44 bits per heavy atom. The minimum absolute atomic E-state index is 0.286. The Hall–Kier alpha value is -0.710. The van der Waals surface area contributed by atoms with Crippen LogP contribution in [-0.4, -0.2) is 29.5 Å². The zero-order chi connectivity index (χ0) is 12.0. The molecule has 0 bridgehead atoms. The quantitative estimate of drug-likeness (QED) is 0.665. The highest BCUT2D eigenvalue weighted by molar-refractivity contribution is 7.99. The highest BCUT2D eigenvalue weighted by atomic mass is 32.2. The smallest absolute Gasteiger partial charge is 0.0834 e. The molecule has 0 saturated carbocycles. The summed E-state index contributed by atoms with van der Waals surface area (Å²) in [4.78, 5) is 1.26. The van der Waals surface area contributed by atoms with Gasteiger partial charge in [-0.1, -0.05) is 13.8 Å². The van der Waals surface area contributed by atoms with Gasteiger partial charge in [0.2, 0.25) is 0 Å². The lowest BCUT2D eigenvalue weighted by Crippen LogP contribution is -2.27. The molecule has 0 heterocycles. The average Bonchev–Trinajstić information content (AvgIpc) is 2.27.